The highest BCUT2D eigenvalue weighted by molar-refractivity contribution is 5.83. The number of nitrogens with one attached hydrogen (secondary N) is 1. The number of hydrogen-bond acceptors (Lipinski definition) is 8. The first kappa shape index (κ1) is 20.6. The van der Waals surface area contributed by atoms with Crippen LogP contribution in [0.15, 0.2) is 11.0 Å². The second kappa shape index (κ2) is 8.95. The number of rotatable bonds is 7. The van der Waals surface area contributed by atoms with Gasteiger partial charge in [-0.15, -0.1) is 0 Å². The van der Waals surface area contributed by atoms with E-state index in [1.54, 1.807) is 6.92 Å². The number of hydrogen-bond donors (Lipinski definition) is 1. The van der Waals surface area contributed by atoms with Crippen LogP contribution < -0.4 is 11.0 Å². The normalized spacial score (nSPS) is 28.9. The monoisotopic (exact) mass is 401 g/mol. The van der Waals surface area contributed by atoms with E-state index < -0.39 is 54.4 Å². The van der Waals surface area contributed by atoms with Crippen LogP contribution in [0.5, 0.6) is 0 Å². The molecule has 5 atom stereocenters. The number of carbonyl (C=O) groups excluding carboxylic acids is 1. The van der Waals surface area contributed by atoms with Gasteiger partial charge in [-0.2, -0.15) is 4.98 Å². The van der Waals surface area contributed by atoms with E-state index in [1.807, 2.05) is 6.92 Å². The molecule has 0 aromatic carbocycles. The number of halogens is 1. The van der Waals surface area contributed by atoms with Crippen molar-refractivity contribution in [1.29, 1.82) is 0 Å². The Labute approximate surface area is 160 Å². The molecule has 2 aliphatic heterocycles. The zero-order chi connectivity index (χ0) is 20.3. The maximum atomic E-state index is 14.4. The lowest BCUT2D eigenvalue weighted by molar-refractivity contribution is -0.254. The molecule has 0 saturated carbocycles. The summed E-state index contributed by atoms with van der Waals surface area (Å²) in [6, 6.07) is 0. The molecule has 28 heavy (non-hydrogen) atoms. The van der Waals surface area contributed by atoms with E-state index in [2.05, 4.69) is 10.3 Å². The number of amides is 1. The molecule has 1 aromatic rings. The number of carbonyl (C=O) groups is 1. The molecule has 3 heterocycles. The van der Waals surface area contributed by atoms with Crippen LogP contribution >= 0.6 is 0 Å². The lowest BCUT2D eigenvalue weighted by Gasteiger charge is -2.20. The van der Waals surface area contributed by atoms with Crippen molar-refractivity contribution in [2.75, 3.05) is 19.0 Å². The van der Waals surface area contributed by atoms with Crippen LogP contribution in [0.3, 0.4) is 0 Å². The van der Waals surface area contributed by atoms with Crippen molar-refractivity contribution in [2.24, 2.45) is 0 Å². The highest BCUT2D eigenvalue weighted by Gasteiger charge is 2.52. The van der Waals surface area contributed by atoms with E-state index >= 15 is 0 Å². The predicted molar refractivity (Wildman–Crippen MR) is 93.1 cm³/mol. The molecule has 0 radical (unpaired) electrons. The van der Waals surface area contributed by atoms with Gasteiger partial charge in [0.25, 0.3) is 6.48 Å². The standard InChI is InChI=1S/C17H24FN3O7/c1-4-5-6-7-25-16(23)20-13-10(18)8-21(15(22)19-13)14-12-11(9(2)26-14)27-17(24-3)28-12/h8-9,11-12,14,17H,4-7H2,1-3H3,(H,19,20,22,23)/t9-,11-,12-,14-,17?/m1/s1. The molecule has 156 valence electrons. The molecule has 0 aliphatic carbocycles. The van der Waals surface area contributed by atoms with Crippen LogP contribution in [0.2, 0.25) is 0 Å². The van der Waals surface area contributed by atoms with Gasteiger partial charge in [0, 0.05) is 7.11 Å². The van der Waals surface area contributed by atoms with Crippen molar-refractivity contribution in [2.45, 2.75) is 64.1 Å². The molecular formula is C17H24FN3O7. The van der Waals surface area contributed by atoms with Crippen LogP contribution in [0.4, 0.5) is 15.0 Å². The van der Waals surface area contributed by atoms with Crippen LogP contribution in [0.25, 0.3) is 0 Å². The van der Waals surface area contributed by atoms with Gasteiger partial charge in [-0.3, -0.25) is 9.88 Å². The highest BCUT2D eigenvalue weighted by Crippen LogP contribution is 2.38. The minimum Gasteiger partial charge on any atom is -0.449 e. The van der Waals surface area contributed by atoms with E-state index in [-0.39, 0.29) is 6.61 Å². The van der Waals surface area contributed by atoms with Crippen LogP contribution in [-0.4, -0.2) is 54.1 Å². The van der Waals surface area contributed by atoms with Gasteiger partial charge in [0.05, 0.1) is 18.9 Å². The summed E-state index contributed by atoms with van der Waals surface area (Å²) in [7, 11) is 1.42. The highest BCUT2D eigenvalue weighted by atomic mass is 19.1. The summed E-state index contributed by atoms with van der Waals surface area (Å²) in [5.74, 6) is -1.42. The van der Waals surface area contributed by atoms with Gasteiger partial charge in [0.1, 0.15) is 12.2 Å². The fourth-order valence-electron chi connectivity index (χ4n) is 3.13. The Morgan fingerprint density at radius 2 is 2.07 bits per heavy atom. The van der Waals surface area contributed by atoms with Gasteiger partial charge in [-0.25, -0.2) is 14.0 Å². The summed E-state index contributed by atoms with van der Waals surface area (Å²) >= 11 is 0. The third kappa shape index (κ3) is 4.32. The summed E-state index contributed by atoms with van der Waals surface area (Å²) in [4.78, 5) is 27.7. The topological polar surface area (TPSA) is 110 Å². The fraction of sp³-hybridized carbons (Fsp3) is 0.706. The van der Waals surface area contributed by atoms with Gasteiger partial charge in [0.2, 0.25) is 0 Å². The second-order valence-corrected chi connectivity index (χ2v) is 6.55. The minimum atomic E-state index is -0.940. The SMILES string of the molecule is CCCCCOC(=O)Nc1nc(=O)n([C@@H]2O[C@H](C)[C@H]3OC(OC)O[C@H]32)cc1F. The number of nitrogens with zero attached hydrogens (tertiary/aromatic N) is 2. The molecule has 2 fully saturated rings. The maximum Gasteiger partial charge on any atom is 0.412 e. The van der Waals surface area contributed by atoms with Crippen molar-refractivity contribution in [1.82, 2.24) is 9.55 Å². The molecule has 2 aliphatic rings. The minimum absolute atomic E-state index is 0.202. The van der Waals surface area contributed by atoms with Crippen molar-refractivity contribution in [3.05, 3.63) is 22.5 Å². The average Bonchev–Trinajstić information content (AvgIpc) is 3.22. The Morgan fingerprint density at radius 3 is 2.79 bits per heavy atom. The van der Waals surface area contributed by atoms with Gasteiger partial charge in [0.15, 0.2) is 17.9 Å². The molecule has 3 rings (SSSR count). The van der Waals surface area contributed by atoms with Gasteiger partial charge >= 0.3 is 11.8 Å². The molecule has 0 spiro atoms. The third-order valence-electron chi connectivity index (χ3n) is 4.53. The molecule has 1 unspecified atom stereocenters. The summed E-state index contributed by atoms with van der Waals surface area (Å²) in [5, 5.41) is 2.14. The van der Waals surface area contributed by atoms with E-state index in [0.29, 0.717) is 6.42 Å². The zero-order valence-corrected chi connectivity index (χ0v) is 15.9. The molecular weight excluding hydrogens is 377 g/mol. The number of ether oxygens (including phenoxy) is 5. The molecule has 2 saturated heterocycles. The van der Waals surface area contributed by atoms with Gasteiger partial charge in [-0.1, -0.05) is 19.8 Å². The summed E-state index contributed by atoms with van der Waals surface area (Å²) < 4.78 is 42.1. The molecule has 1 aromatic heterocycles. The Bertz CT molecular complexity index is 759. The molecule has 1 amide bonds. The van der Waals surface area contributed by atoms with E-state index in [0.717, 1.165) is 23.6 Å². The largest absolute Gasteiger partial charge is 0.449 e. The van der Waals surface area contributed by atoms with E-state index in [4.69, 9.17) is 23.7 Å². The van der Waals surface area contributed by atoms with E-state index in [9.17, 15) is 14.0 Å². The smallest absolute Gasteiger partial charge is 0.412 e. The predicted octanol–water partition coefficient (Wildman–Crippen LogP) is 1.75. The first-order valence-corrected chi connectivity index (χ1v) is 9.16. The zero-order valence-electron chi connectivity index (χ0n) is 15.9. The number of fused-ring (bicyclic) bond motifs is 1. The Hall–Kier alpha value is -2.08. The van der Waals surface area contributed by atoms with Crippen molar-refractivity contribution >= 4 is 11.9 Å². The maximum absolute atomic E-state index is 14.4. The van der Waals surface area contributed by atoms with Crippen LogP contribution in [-0.2, 0) is 23.7 Å². The summed E-state index contributed by atoms with van der Waals surface area (Å²) in [5.41, 5.74) is -0.815. The molecule has 1 N–H and O–H groups in total. The van der Waals surface area contributed by atoms with Crippen LogP contribution in [0, 0.1) is 5.82 Å². The van der Waals surface area contributed by atoms with Crippen molar-refractivity contribution in [3.8, 4) is 0 Å². The fourth-order valence-corrected chi connectivity index (χ4v) is 3.13. The van der Waals surface area contributed by atoms with Crippen molar-refractivity contribution < 1.29 is 32.9 Å². The molecule has 10 nitrogen and oxygen atoms in total. The Balaban J connectivity index is 1.70. The number of aromatic nitrogens is 2. The van der Waals surface area contributed by atoms with Gasteiger partial charge in [-0.05, 0) is 13.3 Å². The molecule has 11 heteroatoms. The number of unbranched alkanes of at least 4 members (excludes halogenated alkanes) is 2. The Morgan fingerprint density at radius 1 is 1.32 bits per heavy atom. The third-order valence-corrected chi connectivity index (χ3v) is 4.53. The summed E-state index contributed by atoms with van der Waals surface area (Å²) in [6.07, 6.45) is 0.141. The van der Waals surface area contributed by atoms with E-state index in [1.165, 1.54) is 7.11 Å². The average molecular weight is 401 g/mol. The lowest BCUT2D eigenvalue weighted by atomic mass is 10.1. The quantitative estimate of drug-likeness (QED) is 0.688. The number of anilines is 1. The van der Waals surface area contributed by atoms with Crippen molar-refractivity contribution in [3.63, 3.8) is 0 Å². The summed E-state index contributed by atoms with van der Waals surface area (Å²) in [6.45, 7) is 3.08. The first-order chi connectivity index (χ1) is 13.4. The first-order valence-electron chi connectivity index (χ1n) is 9.16. The molecule has 0 bridgehead atoms. The van der Waals surface area contributed by atoms with Crippen LogP contribution in [0.1, 0.15) is 39.3 Å². The number of methoxy groups -OCH3 is 1. The van der Waals surface area contributed by atoms with Gasteiger partial charge < -0.3 is 23.7 Å². The Kier molecular flexibility index (Phi) is 6.60. The lowest BCUT2D eigenvalue weighted by Crippen LogP contribution is -2.35. The second-order valence-electron chi connectivity index (χ2n) is 6.55.